The number of nitrogens with one attached hydrogen (secondary N) is 1. The molecular formula is C13H26N2O5S. The summed E-state index contributed by atoms with van der Waals surface area (Å²) in [7, 11) is -3.61. The van der Waals surface area contributed by atoms with Crippen molar-refractivity contribution in [3.63, 3.8) is 0 Å². The lowest BCUT2D eigenvalue weighted by molar-refractivity contribution is -0.142. The Morgan fingerprint density at radius 3 is 2.76 bits per heavy atom. The van der Waals surface area contributed by atoms with Gasteiger partial charge in [-0.2, -0.15) is 17.4 Å². The molecule has 1 atom stereocenters. The number of hydrogen-bond acceptors (Lipinski definition) is 4. The summed E-state index contributed by atoms with van der Waals surface area (Å²) in [5, 5.41) is 8.98. The van der Waals surface area contributed by atoms with Gasteiger partial charge in [-0.25, -0.2) is 0 Å². The zero-order valence-corrected chi connectivity index (χ0v) is 13.6. The fraction of sp³-hybridized carbons (Fsp3) is 0.923. The van der Waals surface area contributed by atoms with Gasteiger partial charge < -0.3 is 9.84 Å². The van der Waals surface area contributed by atoms with Gasteiger partial charge in [-0.1, -0.05) is 13.8 Å². The molecule has 7 nitrogen and oxygen atoms in total. The Kier molecular flexibility index (Phi) is 7.58. The Labute approximate surface area is 126 Å². The van der Waals surface area contributed by atoms with Gasteiger partial charge in [-0.05, 0) is 25.2 Å². The molecule has 0 amide bonds. The molecule has 0 bridgehead atoms. The van der Waals surface area contributed by atoms with Crippen LogP contribution in [0, 0.1) is 11.8 Å². The van der Waals surface area contributed by atoms with E-state index in [1.165, 1.54) is 4.31 Å². The third-order valence-corrected chi connectivity index (χ3v) is 5.02. The summed E-state index contributed by atoms with van der Waals surface area (Å²) < 4.78 is 33.1. The summed E-state index contributed by atoms with van der Waals surface area (Å²) in [6, 6.07) is 0. The molecule has 124 valence electrons. The number of rotatable bonds is 9. The average molecular weight is 322 g/mol. The highest BCUT2D eigenvalue weighted by atomic mass is 32.2. The van der Waals surface area contributed by atoms with Crippen LogP contribution in [0.1, 0.15) is 33.1 Å². The first-order valence-corrected chi connectivity index (χ1v) is 8.82. The maximum absolute atomic E-state index is 12.1. The smallest absolute Gasteiger partial charge is 0.307 e. The maximum atomic E-state index is 12.1. The van der Waals surface area contributed by atoms with Crippen LogP contribution in [0.3, 0.4) is 0 Å². The molecule has 1 aliphatic rings. The molecule has 0 aliphatic carbocycles. The first kappa shape index (κ1) is 18.3. The third kappa shape index (κ3) is 6.73. The molecule has 8 heteroatoms. The lowest BCUT2D eigenvalue weighted by atomic mass is 10.0. The van der Waals surface area contributed by atoms with Crippen molar-refractivity contribution in [3.05, 3.63) is 0 Å². The van der Waals surface area contributed by atoms with Crippen LogP contribution in [0.5, 0.6) is 0 Å². The van der Waals surface area contributed by atoms with Crippen LogP contribution in [0.25, 0.3) is 0 Å². The molecular weight excluding hydrogens is 296 g/mol. The number of aliphatic carboxylic acids is 1. The van der Waals surface area contributed by atoms with Gasteiger partial charge in [0, 0.05) is 26.2 Å². The van der Waals surface area contributed by atoms with E-state index in [1.807, 2.05) is 0 Å². The van der Waals surface area contributed by atoms with E-state index in [0.29, 0.717) is 38.5 Å². The summed E-state index contributed by atoms with van der Waals surface area (Å²) in [6.07, 6.45) is 2.04. The van der Waals surface area contributed by atoms with Gasteiger partial charge in [-0.3, -0.25) is 4.79 Å². The molecule has 0 radical (unpaired) electrons. The molecule has 2 N–H and O–H groups in total. The van der Waals surface area contributed by atoms with Crippen molar-refractivity contribution in [2.45, 2.75) is 33.1 Å². The van der Waals surface area contributed by atoms with Crippen LogP contribution in [0.15, 0.2) is 0 Å². The van der Waals surface area contributed by atoms with Gasteiger partial charge in [-0.15, -0.1) is 0 Å². The summed E-state index contributed by atoms with van der Waals surface area (Å²) in [4.78, 5) is 11.0. The molecule has 1 unspecified atom stereocenters. The second kappa shape index (κ2) is 8.67. The van der Waals surface area contributed by atoms with Crippen molar-refractivity contribution in [1.29, 1.82) is 0 Å². The van der Waals surface area contributed by atoms with Crippen LogP contribution >= 0.6 is 0 Å². The SMILES string of the molecule is CC(C)CCOCCNS(=O)(=O)N1CCCC(C(=O)O)C1. The van der Waals surface area contributed by atoms with E-state index >= 15 is 0 Å². The topological polar surface area (TPSA) is 95.9 Å². The van der Waals surface area contributed by atoms with Crippen LogP contribution < -0.4 is 4.72 Å². The minimum absolute atomic E-state index is 0.0405. The predicted octanol–water partition coefficient (Wildman–Crippen LogP) is 0.680. The fourth-order valence-corrected chi connectivity index (χ4v) is 3.39. The molecule has 0 spiro atoms. The largest absolute Gasteiger partial charge is 0.481 e. The highest BCUT2D eigenvalue weighted by molar-refractivity contribution is 7.87. The Bertz CT molecular complexity index is 424. The zero-order chi connectivity index (χ0) is 15.9. The highest BCUT2D eigenvalue weighted by Gasteiger charge is 2.31. The second-order valence-electron chi connectivity index (χ2n) is 5.73. The summed E-state index contributed by atoms with van der Waals surface area (Å²) in [5.41, 5.74) is 0. The molecule has 0 aromatic heterocycles. The van der Waals surface area contributed by atoms with E-state index in [2.05, 4.69) is 18.6 Å². The molecule has 1 heterocycles. The maximum Gasteiger partial charge on any atom is 0.307 e. The van der Waals surface area contributed by atoms with E-state index in [4.69, 9.17) is 9.84 Å². The summed E-state index contributed by atoms with van der Waals surface area (Å²) >= 11 is 0. The highest BCUT2D eigenvalue weighted by Crippen LogP contribution is 2.18. The standard InChI is InChI=1S/C13H26N2O5S/c1-11(2)5-8-20-9-6-14-21(18,19)15-7-3-4-12(10-15)13(16)17/h11-12,14H,3-10H2,1-2H3,(H,16,17). The van der Waals surface area contributed by atoms with Gasteiger partial charge in [0.1, 0.15) is 0 Å². The minimum Gasteiger partial charge on any atom is -0.481 e. The van der Waals surface area contributed by atoms with E-state index < -0.39 is 22.1 Å². The molecule has 1 fully saturated rings. The monoisotopic (exact) mass is 322 g/mol. The van der Waals surface area contributed by atoms with Crippen molar-refractivity contribution < 1.29 is 23.1 Å². The first-order valence-electron chi connectivity index (χ1n) is 7.38. The van der Waals surface area contributed by atoms with E-state index in [9.17, 15) is 13.2 Å². The van der Waals surface area contributed by atoms with Gasteiger partial charge in [0.25, 0.3) is 10.2 Å². The minimum atomic E-state index is -3.61. The van der Waals surface area contributed by atoms with Crippen LogP contribution in [0.2, 0.25) is 0 Å². The second-order valence-corrected chi connectivity index (χ2v) is 7.48. The number of carboxylic acids is 1. The fourth-order valence-electron chi connectivity index (χ4n) is 2.12. The molecule has 1 rings (SSSR count). The van der Waals surface area contributed by atoms with Gasteiger partial charge in [0.15, 0.2) is 0 Å². The molecule has 0 aromatic rings. The van der Waals surface area contributed by atoms with E-state index in [1.54, 1.807) is 0 Å². The number of carbonyl (C=O) groups is 1. The third-order valence-electron chi connectivity index (χ3n) is 3.44. The van der Waals surface area contributed by atoms with Gasteiger partial charge in [0.05, 0.1) is 12.5 Å². The predicted molar refractivity (Wildman–Crippen MR) is 79.1 cm³/mol. The van der Waals surface area contributed by atoms with Crippen molar-refractivity contribution in [1.82, 2.24) is 9.03 Å². The lowest BCUT2D eigenvalue weighted by Crippen LogP contribution is -2.48. The molecule has 21 heavy (non-hydrogen) atoms. The first-order chi connectivity index (χ1) is 9.83. The molecule has 0 aromatic carbocycles. The van der Waals surface area contributed by atoms with Crippen LogP contribution in [0.4, 0.5) is 0 Å². The lowest BCUT2D eigenvalue weighted by Gasteiger charge is -2.29. The number of piperidine rings is 1. The zero-order valence-electron chi connectivity index (χ0n) is 12.7. The van der Waals surface area contributed by atoms with Crippen molar-refractivity contribution >= 4 is 16.2 Å². The average Bonchev–Trinajstić information content (AvgIpc) is 2.42. The number of nitrogens with zero attached hydrogens (tertiary/aromatic N) is 1. The molecule has 1 saturated heterocycles. The van der Waals surface area contributed by atoms with E-state index in [0.717, 1.165) is 6.42 Å². The van der Waals surface area contributed by atoms with Crippen molar-refractivity contribution in [2.24, 2.45) is 11.8 Å². The molecule has 0 saturated carbocycles. The number of ether oxygens (including phenoxy) is 1. The van der Waals surface area contributed by atoms with Crippen LogP contribution in [-0.4, -0.2) is 56.6 Å². The Hall–Kier alpha value is -0.700. The number of hydrogen-bond donors (Lipinski definition) is 2. The summed E-state index contributed by atoms with van der Waals surface area (Å²) in [5.74, 6) is -0.993. The normalized spacial score (nSPS) is 20.8. The quantitative estimate of drug-likeness (QED) is 0.609. The van der Waals surface area contributed by atoms with Crippen LogP contribution in [-0.2, 0) is 19.7 Å². The van der Waals surface area contributed by atoms with Crippen molar-refractivity contribution in [2.75, 3.05) is 32.8 Å². The molecule has 1 aliphatic heterocycles. The van der Waals surface area contributed by atoms with Crippen molar-refractivity contribution in [3.8, 4) is 0 Å². The van der Waals surface area contributed by atoms with Gasteiger partial charge >= 0.3 is 5.97 Å². The summed E-state index contributed by atoms with van der Waals surface area (Å²) in [6.45, 7) is 5.75. The Balaban J connectivity index is 2.31. The number of carboxylic acid groups (broad SMARTS) is 1. The Morgan fingerprint density at radius 1 is 1.43 bits per heavy atom. The van der Waals surface area contributed by atoms with Gasteiger partial charge in [0.2, 0.25) is 0 Å². The van der Waals surface area contributed by atoms with E-state index in [-0.39, 0.29) is 13.1 Å². The Morgan fingerprint density at radius 2 is 2.14 bits per heavy atom.